The molecule has 1 fully saturated rings. The first-order valence-corrected chi connectivity index (χ1v) is 6.61. The van der Waals surface area contributed by atoms with E-state index in [1.807, 2.05) is 0 Å². The third kappa shape index (κ3) is 1.36. The predicted molar refractivity (Wildman–Crippen MR) is 67.4 cm³/mol. The molecule has 4 rings (SSSR count). The standard InChI is InChI=1S/C14H18N2O/c17-9-5-11-10-2-1-3-12-14(10)8(6-15-12)4-13(11)16-7-9/h1-3,8-9,11,13,15-17H,4-7H2. The molecule has 0 spiro atoms. The Labute approximate surface area is 101 Å². The number of hydrogen-bond acceptors (Lipinski definition) is 3. The minimum absolute atomic E-state index is 0.182. The van der Waals surface area contributed by atoms with Gasteiger partial charge in [0.25, 0.3) is 0 Å². The molecule has 3 N–H and O–H groups in total. The second kappa shape index (κ2) is 3.47. The zero-order chi connectivity index (χ0) is 11.4. The van der Waals surface area contributed by atoms with Crippen molar-refractivity contribution in [2.45, 2.75) is 36.8 Å². The molecule has 4 atom stereocenters. The van der Waals surface area contributed by atoms with Gasteiger partial charge in [0.1, 0.15) is 0 Å². The Bertz CT molecular complexity index is 460. The minimum atomic E-state index is -0.182. The first kappa shape index (κ1) is 9.92. The van der Waals surface area contributed by atoms with Gasteiger partial charge in [0.15, 0.2) is 0 Å². The van der Waals surface area contributed by atoms with Crippen LogP contribution in [0.4, 0.5) is 5.69 Å². The van der Waals surface area contributed by atoms with Gasteiger partial charge >= 0.3 is 0 Å². The lowest BCUT2D eigenvalue weighted by Gasteiger charge is -2.41. The fourth-order valence-corrected chi connectivity index (χ4v) is 3.92. The highest BCUT2D eigenvalue weighted by molar-refractivity contribution is 5.63. The first-order chi connectivity index (χ1) is 8.33. The minimum Gasteiger partial charge on any atom is -0.392 e. The van der Waals surface area contributed by atoms with Crippen LogP contribution in [-0.4, -0.2) is 30.3 Å². The number of piperidine rings is 1. The summed E-state index contributed by atoms with van der Waals surface area (Å²) in [5.74, 6) is 1.18. The number of benzene rings is 1. The molecular formula is C14H18N2O. The van der Waals surface area contributed by atoms with Gasteiger partial charge in [-0.2, -0.15) is 0 Å². The van der Waals surface area contributed by atoms with E-state index in [-0.39, 0.29) is 6.10 Å². The van der Waals surface area contributed by atoms with Crippen molar-refractivity contribution < 1.29 is 5.11 Å². The largest absolute Gasteiger partial charge is 0.392 e. The molecule has 2 heterocycles. The van der Waals surface area contributed by atoms with E-state index < -0.39 is 0 Å². The van der Waals surface area contributed by atoms with E-state index in [9.17, 15) is 5.11 Å². The van der Waals surface area contributed by atoms with Crippen molar-refractivity contribution in [3.63, 3.8) is 0 Å². The predicted octanol–water partition coefficient (Wildman–Crippen LogP) is 1.41. The number of fused-ring (bicyclic) bond motifs is 2. The summed E-state index contributed by atoms with van der Waals surface area (Å²) in [5.41, 5.74) is 4.33. The van der Waals surface area contributed by atoms with Crippen molar-refractivity contribution in [1.82, 2.24) is 5.32 Å². The molecule has 3 aliphatic rings. The fraction of sp³-hybridized carbons (Fsp3) is 0.571. The summed E-state index contributed by atoms with van der Waals surface area (Å²) in [6, 6.07) is 7.15. The third-order valence-electron chi connectivity index (χ3n) is 4.65. The molecule has 1 saturated heterocycles. The molecule has 17 heavy (non-hydrogen) atoms. The van der Waals surface area contributed by atoms with Crippen molar-refractivity contribution in [2.75, 3.05) is 18.4 Å². The molecule has 0 bridgehead atoms. The molecule has 0 saturated carbocycles. The van der Waals surface area contributed by atoms with Gasteiger partial charge in [-0.1, -0.05) is 12.1 Å². The topological polar surface area (TPSA) is 44.3 Å². The van der Waals surface area contributed by atoms with Gasteiger partial charge in [-0.05, 0) is 30.0 Å². The summed E-state index contributed by atoms with van der Waals surface area (Å²) in [6.07, 6.45) is 1.95. The molecule has 0 amide bonds. The Balaban J connectivity index is 1.82. The summed E-state index contributed by atoms with van der Waals surface area (Å²) in [5, 5.41) is 16.9. The normalized spacial score (nSPS) is 38.2. The maximum atomic E-state index is 9.85. The fourth-order valence-electron chi connectivity index (χ4n) is 3.92. The van der Waals surface area contributed by atoms with Gasteiger partial charge in [-0.25, -0.2) is 0 Å². The molecule has 2 aliphatic heterocycles. The van der Waals surface area contributed by atoms with Crippen molar-refractivity contribution in [2.24, 2.45) is 0 Å². The van der Waals surface area contributed by atoms with Crippen LogP contribution in [0.5, 0.6) is 0 Å². The lowest BCUT2D eigenvalue weighted by Crippen LogP contribution is -2.49. The van der Waals surface area contributed by atoms with Crippen molar-refractivity contribution in [3.8, 4) is 0 Å². The number of aliphatic hydroxyl groups is 1. The third-order valence-corrected chi connectivity index (χ3v) is 4.65. The zero-order valence-electron chi connectivity index (χ0n) is 9.82. The summed E-state index contributed by atoms with van der Waals surface area (Å²) in [6.45, 7) is 1.84. The number of aliphatic hydroxyl groups excluding tert-OH is 1. The molecule has 4 unspecified atom stereocenters. The second-order valence-corrected chi connectivity index (χ2v) is 5.63. The number of anilines is 1. The Kier molecular flexibility index (Phi) is 2.02. The lowest BCUT2D eigenvalue weighted by atomic mass is 9.71. The highest BCUT2D eigenvalue weighted by Crippen LogP contribution is 2.48. The van der Waals surface area contributed by atoms with Crippen LogP contribution in [0.2, 0.25) is 0 Å². The summed E-state index contributed by atoms with van der Waals surface area (Å²) in [4.78, 5) is 0. The van der Waals surface area contributed by atoms with Crippen LogP contribution in [-0.2, 0) is 0 Å². The number of β-amino-alcohol motifs (C(OH)–C–C–N with tert-alkyl or cyclic N) is 1. The molecular weight excluding hydrogens is 212 g/mol. The smallest absolute Gasteiger partial charge is 0.0671 e. The van der Waals surface area contributed by atoms with E-state index in [1.54, 1.807) is 0 Å². The van der Waals surface area contributed by atoms with Gasteiger partial charge in [-0.15, -0.1) is 0 Å². The number of nitrogens with one attached hydrogen (secondary N) is 2. The van der Waals surface area contributed by atoms with E-state index in [0.29, 0.717) is 17.9 Å². The van der Waals surface area contributed by atoms with Crippen LogP contribution in [0.15, 0.2) is 18.2 Å². The Morgan fingerprint density at radius 3 is 3.06 bits per heavy atom. The molecule has 0 radical (unpaired) electrons. The van der Waals surface area contributed by atoms with Gasteiger partial charge in [0.05, 0.1) is 6.10 Å². The van der Waals surface area contributed by atoms with Gasteiger partial charge in [0, 0.05) is 36.7 Å². The molecule has 1 aromatic carbocycles. The van der Waals surface area contributed by atoms with Crippen LogP contribution < -0.4 is 10.6 Å². The molecule has 1 aliphatic carbocycles. The molecule has 1 aromatic rings. The van der Waals surface area contributed by atoms with Crippen LogP contribution in [0.25, 0.3) is 0 Å². The van der Waals surface area contributed by atoms with Crippen molar-refractivity contribution >= 4 is 5.69 Å². The zero-order valence-corrected chi connectivity index (χ0v) is 9.82. The Morgan fingerprint density at radius 1 is 1.18 bits per heavy atom. The summed E-state index contributed by atoms with van der Waals surface area (Å²) in [7, 11) is 0. The maximum absolute atomic E-state index is 9.85. The van der Waals surface area contributed by atoms with Crippen LogP contribution >= 0.6 is 0 Å². The van der Waals surface area contributed by atoms with Gasteiger partial charge in [0.2, 0.25) is 0 Å². The van der Waals surface area contributed by atoms with Crippen LogP contribution in [0.1, 0.15) is 35.8 Å². The Hall–Kier alpha value is -1.06. The number of rotatable bonds is 0. The van der Waals surface area contributed by atoms with Crippen molar-refractivity contribution in [1.29, 1.82) is 0 Å². The first-order valence-electron chi connectivity index (χ1n) is 6.61. The monoisotopic (exact) mass is 230 g/mol. The molecule has 3 nitrogen and oxygen atoms in total. The molecule has 3 heteroatoms. The van der Waals surface area contributed by atoms with Crippen LogP contribution in [0, 0.1) is 0 Å². The van der Waals surface area contributed by atoms with E-state index in [2.05, 4.69) is 28.8 Å². The quantitative estimate of drug-likeness (QED) is 0.631. The van der Waals surface area contributed by atoms with Gasteiger partial charge < -0.3 is 15.7 Å². The SMILES string of the molecule is OC1CNC2CC3CNc4cccc(c43)C2C1. The van der Waals surface area contributed by atoms with E-state index in [4.69, 9.17) is 0 Å². The average molecular weight is 230 g/mol. The summed E-state index contributed by atoms with van der Waals surface area (Å²) >= 11 is 0. The maximum Gasteiger partial charge on any atom is 0.0671 e. The van der Waals surface area contributed by atoms with Gasteiger partial charge in [-0.3, -0.25) is 0 Å². The highest BCUT2D eigenvalue weighted by Gasteiger charge is 2.41. The van der Waals surface area contributed by atoms with E-state index in [0.717, 1.165) is 19.5 Å². The van der Waals surface area contributed by atoms with E-state index in [1.165, 1.54) is 23.2 Å². The van der Waals surface area contributed by atoms with Crippen LogP contribution in [0.3, 0.4) is 0 Å². The average Bonchev–Trinajstić information content (AvgIpc) is 2.75. The van der Waals surface area contributed by atoms with E-state index >= 15 is 0 Å². The Morgan fingerprint density at radius 2 is 2.12 bits per heavy atom. The second-order valence-electron chi connectivity index (χ2n) is 5.63. The molecule has 0 aromatic heterocycles. The number of hydrogen-bond donors (Lipinski definition) is 3. The molecule has 90 valence electrons. The lowest BCUT2D eigenvalue weighted by molar-refractivity contribution is 0.106. The van der Waals surface area contributed by atoms with Crippen molar-refractivity contribution in [3.05, 3.63) is 29.3 Å². The highest BCUT2D eigenvalue weighted by atomic mass is 16.3. The summed E-state index contributed by atoms with van der Waals surface area (Å²) < 4.78 is 0.